The van der Waals surface area contributed by atoms with Crippen LogP contribution in [0.5, 0.6) is 11.5 Å². The zero-order valence-corrected chi connectivity index (χ0v) is 34.7. The number of nitrogens with two attached hydrogens (primary N) is 1. The van der Waals surface area contributed by atoms with Gasteiger partial charge in [0.25, 0.3) is 6.01 Å². The van der Waals surface area contributed by atoms with Gasteiger partial charge in [-0.25, -0.2) is 9.78 Å². The van der Waals surface area contributed by atoms with Gasteiger partial charge < -0.3 is 44.6 Å². The number of hydrogen-bond acceptors (Lipinski definition) is 12. The number of aromatic nitrogens is 2. The number of amides is 3. The molecule has 2 saturated heterocycles. The van der Waals surface area contributed by atoms with Crippen molar-refractivity contribution in [3.63, 3.8) is 0 Å². The molecule has 2 aromatic heterocycles. The van der Waals surface area contributed by atoms with Gasteiger partial charge in [-0.1, -0.05) is 32.4 Å². The summed E-state index contributed by atoms with van der Waals surface area (Å²) >= 11 is 7.06. The zero-order chi connectivity index (χ0) is 40.8. The average Bonchev–Trinajstić information content (AvgIpc) is 3.45. The quantitative estimate of drug-likeness (QED) is 0.194. The number of nitrogens with one attached hydrogen (secondary N) is 2. The fraction of sp³-hybridized carbons (Fsp3) is 0.634. The first-order chi connectivity index (χ1) is 27.0. The van der Waals surface area contributed by atoms with Gasteiger partial charge in [0.2, 0.25) is 11.8 Å². The summed E-state index contributed by atoms with van der Waals surface area (Å²) in [5, 5.41) is 6.86. The number of ether oxygens (including phenoxy) is 4. The van der Waals surface area contributed by atoms with Crippen molar-refractivity contribution in [3.05, 3.63) is 29.5 Å². The van der Waals surface area contributed by atoms with Crippen molar-refractivity contribution in [1.82, 2.24) is 25.1 Å². The van der Waals surface area contributed by atoms with Crippen LogP contribution in [0.15, 0.2) is 28.9 Å². The minimum Gasteiger partial charge on any atom is -0.491 e. The maximum Gasteiger partial charge on any atom is 0.408 e. The van der Waals surface area contributed by atoms with E-state index in [1.54, 1.807) is 12.1 Å². The molecule has 310 valence electrons. The Kier molecular flexibility index (Phi) is 11.6. The van der Waals surface area contributed by atoms with E-state index in [-0.39, 0.29) is 30.7 Å². The summed E-state index contributed by atoms with van der Waals surface area (Å²) in [6.45, 7) is 17.1. The number of hydrogen-bond donors (Lipinski definition) is 3. The summed E-state index contributed by atoms with van der Waals surface area (Å²) in [7, 11) is 0. The normalized spacial score (nSPS) is 24.9. The highest BCUT2D eigenvalue weighted by molar-refractivity contribution is 6.36. The standard InChI is InChI=1S/C41H56ClN7O8/c1-22(2)44-38-46-29(20-55-38)28-18-32(27-8-9-31(33(42)34(27)45-28)54-13-11-48-10-12-53-21-41(48,6)7)56-26-17-30(36(43)50)49(19-26)37(51)35(40(3,4)5)47-39(52)57-25-15-23-14-24(23)16-25/h8-9,18,20,22-26,30,35H,10-17,19,21H2,1-7H3,(H2,43,50)(H,44,46)(H,47,52)/t23-,24+,25+,26?,30-,35+/m0/s1. The highest BCUT2D eigenvalue weighted by atomic mass is 35.5. The maximum absolute atomic E-state index is 14.3. The van der Waals surface area contributed by atoms with Gasteiger partial charge in [0.05, 0.1) is 31.0 Å². The number of morpholine rings is 1. The van der Waals surface area contributed by atoms with E-state index >= 15 is 0 Å². The molecule has 2 aliphatic carbocycles. The van der Waals surface area contributed by atoms with Crippen molar-refractivity contribution in [2.45, 2.75) is 110 Å². The molecule has 0 radical (unpaired) electrons. The van der Waals surface area contributed by atoms with E-state index in [1.807, 2.05) is 40.7 Å². The molecule has 0 bridgehead atoms. The van der Waals surface area contributed by atoms with E-state index < -0.39 is 41.5 Å². The molecule has 6 atom stereocenters. The second kappa shape index (κ2) is 16.1. The van der Waals surface area contributed by atoms with Crippen LogP contribution in [0.2, 0.25) is 5.02 Å². The van der Waals surface area contributed by atoms with Crippen LogP contribution >= 0.6 is 11.6 Å². The molecular weight excluding hydrogens is 754 g/mol. The van der Waals surface area contributed by atoms with Crippen LogP contribution < -0.4 is 25.8 Å². The van der Waals surface area contributed by atoms with Gasteiger partial charge in [-0.05, 0) is 76.3 Å². The van der Waals surface area contributed by atoms with E-state index in [4.69, 9.17) is 45.7 Å². The van der Waals surface area contributed by atoms with Crippen molar-refractivity contribution >= 4 is 46.4 Å². The summed E-state index contributed by atoms with van der Waals surface area (Å²) < 4.78 is 30.0. The molecule has 4 aliphatic rings. The second-order valence-corrected chi connectivity index (χ2v) is 18.3. The average molecular weight is 810 g/mol. The lowest BCUT2D eigenvalue weighted by molar-refractivity contribution is -0.141. The second-order valence-electron chi connectivity index (χ2n) is 17.9. The van der Waals surface area contributed by atoms with Crippen molar-refractivity contribution in [2.75, 3.05) is 44.8 Å². The molecule has 4 N–H and O–H groups in total. The Bertz CT molecular complexity index is 1970. The molecule has 2 saturated carbocycles. The molecule has 16 heteroatoms. The van der Waals surface area contributed by atoms with Crippen molar-refractivity contribution in [1.29, 1.82) is 0 Å². The summed E-state index contributed by atoms with van der Waals surface area (Å²) in [6.07, 6.45) is 3.09. The molecular formula is C41H56ClN7O8. The number of alkyl carbamates (subject to hydrolysis) is 1. The number of primary amides is 1. The largest absolute Gasteiger partial charge is 0.491 e. The molecule has 3 aromatic rings. The molecule has 15 nitrogen and oxygen atoms in total. The first-order valence-electron chi connectivity index (χ1n) is 20.0. The van der Waals surface area contributed by atoms with Crippen LogP contribution in [0.25, 0.3) is 22.3 Å². The molecule has 0 spiro atoms. The lowest BCUT2D eigenvalue weighted by Crippen LogP contribution is -2.57. The van der Waals surface area contributed by atoms with Gasteiger partial charge in [-0.15, -0.1) is 0 Å². The number of fused-ring (bicyclic) bond motifs is 2. The van der Waals surface area contributed by atoms with E-state index in [9.17, 15) is 14.4 Å². The lowest BCUT2D eigenvalue weighted by atomic mass is 9.85. The zero-order valence-electron chi connectivity index (χ0n) is 33.9. The Labute approximate surface area is 338 Å². The first kappa shape index (κ1) is 40.8. The summed E-state index contributed by atoms with van der Waals surface area (Å²) in [6, 6.07) is 3.82. The molecule has 57 heavy (non-hydrogen) atoms. The van der Waals surface area contributed by atoms with Gasteiger partial charge in [0.15, 0.2) is 0 Å². The number of anilines is 1. The number of carbonyl (C=O) groups is 3. The van der Waals surface area contributed by atoms with Crippen LogP contribution in [0.3, 0.4) is 0 Å². The smallest absolute Gasteiger partial charge is 0.408 e. The van der Waals surface area contributed by atoms with Gasteiger partial charge >= 0.3 is 6.09 Å². The van der Waals surface area contributed by atoms with E-state index in [0.717, 1.165) is 19.4 Å². The minimum atomic E-state index is -0.984. The summed E-state index contributed by atoms with van der Waals surface area (Å²) in [4.78, 5) is 53.5. The summed E-state index contributed by atoms with van der Waals surface area (Å²) in [5.74, 6) is 1.02. The minimum absolute atomic E-state index is 0.0418. The Morgan fingerprint density at radius 3 is 2.49 bits per heavy atom. The van der Waals surface area contributed by atoms with Crippen LogP contribution in [-0.2, 0) is 19.1 Å². The van der Waals surface area contributed by atoms with E-state index in [2.05, 4.69) is 34.4 Å². The van der Waals surface area contributed by atoms with Crippen molar-refractivity contribution < 1.29 is 37.7 Å². The Morgan fingerprint density at radius 2 is 1.81 bits per heavy atom. The molecule has 2 aliphatic heterocycles. The molecule has 3 amide bonds. The topological polar surface area (TPSA) is 184 Å². The number of halogens is 1. The van der Waals surface area contributed by atoms with Crippen LogP contribution in [0.1, 0.15) is 74.1 Å². The molecule has 4 fully saturated rings. The SMILES string of the molecule is CC(C)Nc1nc(-c2cc(OC3C[C@@H](C(N)=O)N(C(=O)[C@@H](NC(=O)O[C@@H]4C[C@@H]5C[C@@H]5C4)C(C)(C)C)C3)c3ccc(OCCN4CCOCC4(C)C)c(Cl)c3n2)co1. The number of likely N-dealkylation sites (tertiary alicyclic amines) is 1. The van der Waals surface area contributed by atoms with Gasteiger partial charge in [-0.3, -0.25) is 14.5 Å². The predicted molar refractivity (Wildman–Crippen MR) is 214 cm³/mol. The highest BCUT2D eigenvalue weighted by Crippen LogP contribution is 2.52. The molecule has 1 unspecified atom stereocenters. The third kappa shape index (κ3) is 9.20. The van der Waals surface area contributed by atoms with Crippen LogP contribution in [0, 0.1) is 17.3 Å². The van der Waals surface area contributed by atoms with Crippen LogP contribution in [-0.4, -0.2) is 113 Å². The highest BCUT2D eigenvalue weighted by Gasteiger charge is 2.49. The Morgan fingerprint density at radius 1 is 1.05 bits per heavy atom. The number of carbonyl (C=O) groups excluding carboxylic acids is 3. The van der Waals surface area contributed by atoms with Gasteiger partial charge in [-0.2, -0.15) is 4.98 Å². The number of rotatable bonds is 13. The third-order valence-electron chi connectivity index (χ3n) is 11.5. The van der Waals surface area contributed by atoms with Gasteiger partial charge in [0, 0.05) is 42.5 Å². The Hall–Kier alpha value is -4.34. The first-order valence-corrected chi connectivity index (χ1v) is 20.4. The number of benzene rings is 1. The van der Waals surface area contributed by atoms with Crippen molar-refractivity contribution in [3.8, 4) is 22.9 Å². The maximum atomic E-state index is 14.3. The van der Waals surface area contributed by atoms with E-state index in [0.29, 0.717) is 83.0 Å². The molecule has 4 heterocycles. The summed E-state index contributed by atoms with van der Waals surface area (Å²) in [5.41, 5.74) is 6.38. The Balaban J connectivity index is 1.13. The monoisotopic (exact) mass is 809 g/mol. The van der Waals surface area contributed by atoms with Gasteiger partial charge in [0.1, 0.15) is 59.4 Å². The van der Waals surface area contributed by atoms with E-state index in [1.165, 1.54) is 17.6 Å². The van der Waals surface area contributed by atoms with Crippen molar-refractivity contribution in [2.24, 2.45) is 23.0 Å². The van der Waals surface area contributed by atoms with Crippen LogP contribution in [0.4, 0.5) is 10.8 Å². The third-order valence-corrected chi connectivity index (χ3v) is 11.8. The number of oxazole rings is 1. The fourth-order valence-corrected chi connectivity index (χ4v) is 8.54. The number of nitrogens with zero attached hydrogens (tertiary/aromatic N) is 4. The predicted octanol–water partition coefficient (Wildman–Crippen LogP) is 5.63. The lowest BCUT2D eigenvalue weighted by Gasteiger charge is -2.41. The molecule has 7 rings (SSSR count). The molecule has 1 aromatic carbocycles. The number of pyridine rings is 1. The fourth-order valence-electron chi connectivity index (χ4n) is 8.27.